The predicted molar refractivity (Wildman–Crippen MR) is 63.6 cm³/mol. The van der Waals surface area contributed by atoms with Crippen molar-refractivity contribution in [3.63, 3.8) is 0 Å². The molecule has 0 spiro atoms. The molecule has 3 heteroatoms. The Kier molecular flexibility index (Phi) is 2.94. The molecule has 80 valence electrons. The van der Waals surface area contributed by atoms with Crippen LogP contribution >= 0.6 is 15.9 Å². The topological polar surface area (TPSA) is 43.1 Å². The van der Waals surface area contributed by atoms with Crippen LogP contribution in [0.2, 0.25) is 0 Å². The van der Waals surface area contributed by atoms with Gasteiger partial charge >= 0.3 is 0 Å². The number of rotatable bonds is 4. The first-order chi connectivity index (χ1) is 7.16. The Morgan fingerprint density at radius 3 is 2.40 bits per heavy atom. The molecule has 1 aliphatic rings. The molecule has 0 amide bonds. The zero-order chi connectivity index (χ0) is 10.9. The Morgan fingerprint density at radius 1 is 1.33 bits per heavy atom. The van der Waals surface area contributed by atoms with Gasteiger partial charge in [-0.05, 0) is 30.5 Å². The molecule has 0 unspecified atom stereocenters. The van der Waals surface area contributed by atoms with Crippen LogP contribution in [0.5, 0.6) is 0 Å². The maximum absolute atomic E-state index is 11.9. The van der Waals surface area contributed by atoms with E-state index in [0.717, 1.165) is 22.9 Å². The van der Waals surface area contributed by atoms with E-state index in [-0.39, 0.29) is 5.41 Å². The molecular formula is C12H14BrNO. The summed E-state index contributed by atoms with van der Waals surface area (Å²) < 4.78 is 1.04. The van der Waals surface area contributed by atoms with Crippen molar-refractivity contribution in [1.82, 2.24) is 0 Å². The Morgan fingerprint density at radius 2 is 1.93 bits per heavy atom. The second-order valence-electron chi connectivity index (χ2n) is 4.21. The van der Waals surface area contributed by atoms with E-state index in [1.54, 1.807) is 0 Å². The molecule has 1 aromatic rings. The summed E-state index contributed by atoms with van der Waals surface area (Å²) in [5.74, 6) is 0.298. The Labute approximate surface area is 98.0 Å². The summed E-state index contributed by atoms with van der Waals surface area (Å²) in [6.07, 6.45) is 2.46. The van der Waals surface area contributed by atoms with Crippen molar-refractivity contribution < 1.29 is 4.79 Å². The van der Waals surface area contributed by atoms with E-state index in [2.05, 4.69) is 15.9 Å². The third kappa shape index (κ3) is 2.29. The van der Waals surface area contributed by atoms with Gasteiger partial charge in [-0.15, -0.1) is 0 Å². The summed E-state index contributed by atoms with van der Waals surface area (Å²) in [6, 6.07) is 7.89. The predicted octanol–water partition coefficient (Wildman–Crippen LogP) is 2.30. The van der Waals surface area contributed by atoms with Crippen LogP contribution < -0.4 is 5.73 Å². The molecular weight excluding hydrogens is 254 g/mol. The van der Waals surface area contributed by atoms with Crippen LogP contribution in [-0.4, -0.2) is 12.3 Å². The highest BCUT2D eigenvalue weighted by atomic mass is 79.9. The number of benzene rings is 1. The van der Waals surface area contributed by atoms with E-state index in [9.17, 15) is 4.79 Å². The van der Waals surface area contributed by atoms with E-state index in [1.807, 2.05) is 24.3 Å². The van der Waals surface area contributed by atoms with Gasteiger partial charge < -0.3 is 5.73 Å². The molecule has 1 saturated carbocycles. The maximum atomic E-state index is 11.9. The maximum Gasteiger partial charge on any atom is 0.144 e. The van der Waals surface area contributed by atoms with E-state index in [1.165, 1.54) is 0 Å². The lowest BCUT2D eigenvalue weighted by Crippen LogP contribution is -2.26. The molecule has 0 saturated heterocycles. The van der Waals surface area contributed by atoms with Crippen LogP contribution in [0.1, 0.15) is 18.4 Å². The van der Waals surface area contributed by atoms with Gasteiger partial charge in [-0.2, -0.15) is 0 Å². The van der Waals surface area contributed by atoms with Crippen molar-refractivity contribution in [3.8, 4) is 0 Å². The molecule has 15 heavy (non-hydrogen) atoms. The summed E-state index contributed by atoms with van der Waals surface area (Å²) in [5.41, 5.74) is 6.52. The number of hydrogen-bond donors (Lipinski definition) is 1. The minimum Gasteiger partial charge on any atom is -0.329 e. The standard InChI is InChI=1S/C12H14BrNO/c13-10-3-1-9(2-4-10)7-11(15)12(8-14)5-6-12/h1-4H,5-8,14H2. The number of Topliss-reactive ketones (excluding diaryl/α,β-unsaturated/α-hetero) is 1. The van der Waals surface area contributed by atoms with Crippen LogP contribution in [0.25, 0.3) is 0 Å². The van der Waals surface area contributed by atoms with Crippen molar-refractivity contribution >= 4 is 21.7 Å². The molecule has 2 N–H and O–H groups in total. The summed E-state index contributed by atoms with van der Waals surface area (Å²) in [5, 5.41) is 0. The third-order valence-corrected chi connectivity index (χ3v) is 3.64. The quantitative estimate of drug-likeness (QED) is 0.910. The van der Waals surface area contributed by atoms with E-state index < -0.39 is 0 Å². The zero-order valence-corrected chi connectivity index (χ0v) is 10.1. The van der Waals surface area contributed by atoms with Crippen LogP contribution in [-0.2, 0) is 11.2 Å². The lowest BCUT2D eigenvalue weighted by molar-refractivity contribution is -0.123. The number of halogens is 1. The SMILES string of the molecule is NCC1(C(=O)Cc2ccc(Br)cc2)CC1. The zero-order valence-electron chi connectivity index (χ0n) is 8.50. The molecule has 0 heterocycles. The summed E-state index contributed by atoms with van der Waals surface area (Å²) >= 11 is 3.37. The summed E-state index contributed by atoms with van der Waals surface area (Å²) in [7, 11) is 0. The van der Waals surface area contributed by atoms with E-state index >= 15 is 0 Å². The highest BCUT2D eigenvalue weighted by Crippen LogP contribution is 2.46. The Balaban J connectivity index is 2.03. The summed E-state index contributed by atoms with van der Waals surface area (Å²) in [4.78, 5) is 11.9. The first kappa shape index (κ1) is 10.8. The largest absolute Gasteiger partial charge is 0.329 e. The van der Waals surface area contributed by atoms with Gasteiger partial charge in [0.25, 0.3) is 0 Å². The first-order valence-corrected chi connectivity index (χ1v) is 5.93. The van der Waals surface area contributed by atoms with Gasteiger partial charge in [-0.3, -0.25) is 4.79 Å². The minimum absolute atomic E-state index is 0.174. The number of nitrogens with two attached hydrogens (primary N) is 1. The van der Waals surface area contributed by atoms with Crippen molar-refractivity contribution in [2.45, 2.75) is 19.3 Å². The second kappa shape index (κ2) is 4.06. The van der Waals surface area contributed by atoms with Gasteiger partial charge in [0.2, 0.25) is 0 Å². The second-order valence-corrected chi connectivity index (χ2v) is 5.13. The normalized spacial score (nSPS) is 17.5. The molecule has 1 aromatic carbocycles. The molecule has 0 aromatic heterocycles. The fourth-order valence-corrected chi connectivity index (χ4v) is 1.99. The van der Waals surface area contributed by atoms with E-state index in [4.69, 9.17) is 5.73 Å². The van der Waals surface area contributed by atoms with E-state index in [0.29, 0.717) is 18.7 Å². The fourth-order valence-electron chi connectivity index (χ4n) is 1.72. The van der Waals surface area contributed by atoms with Crippen LogP contribution in [0.3, 0.4) is 0 Å². The minimum atomic E-state index is -0.174. The number of ketones is 1. The van der Waals surface area contributed by atoms with Gasteiger partial charge in [0.05, 0.1) is 0 Å². The highest BCUT2D eigenvalue weighted by molar-refractivity contribution is 9.10. The first-order valence-electron chi connectivity index (χ1n) is 5.14. The van der Waals surface area contributed by atoms with Crippen molar-refractivity contribution in [2.24, 2.45) is 11.1 Å². The number of carbonyl (C=O) groups is 1. The van der Waals surface area contributed by atoms with Crippen molar-refractivity contribution in [3.05, 3.63) is 34.3 Å². The number of carbonyl (C=O) groups excluding carboxylic acids is 1. The fraction of sp³-hybridized carbons (Fsp3) is 0.417. The van der Waals surface area contributed by atoms with Gasteiger partial charge in [-0.1, -0.05) is 28.1 Å². The van der Waals surface area contributed by atoms with Gasteiger partial charge in [0.15, 0.2) is 0 Å². The van der Waals surface area contributed by atoms with Crippen LogP contribution in [0.4, 0.5) is 0 Å². The van der Waals surface area contributed by atoms with Gasteiger partial charge in [0, 0.05) is 22.9 Å². The van der Waals surface area contributed by atoms with Crippen LogP contribution in [0, 0.1) is 5.41 Å². The van der Waals surface area contributed by atoms with Gasteiger partial charge in [0.1, 0.15) is 5.78 Å². The molecule has 2 rings (SSSR count). The molecule has 0 aliphatic heterocycles. The van der Waals surface area contributed by atoms with Crippen molar-refractivity contribution in [1.29, 1.82) is 0 Å². The lowest BCUT2D eigenvalue weighted by atomic mass is 9.95. The average Bonchev–Trinajstić information content (AvgIpc) is 3.02. The molecule has 1 fully saturated rings. The summed E-state index contributed by atoms with van der Waals surface area (Å²) in [6.45, 7) is 0.502. The molecule has 1 aliphatic carbocycles. The van der Waals surface area contributed by atoms with Crippen molar-refractivity contribution in [2.75, 3.05) is 6.54 Å². The molecule has 0 radical (unpaired) electrons. The Hall–Kier alpha value is -0.670. The van der Waals surface area contributed by atoms with Gasteiger partial charge in [-0.25, -0.2) is 0 Å². The smallest absolute Gasteiger partial charge is 0.144 e. The number of hydrogen-bond acceptors (Lipinski definition) is 2. The molecule has 0 bridgehead atoms. The molecule has 2 nitrogen and oxygen atoms in total. The Bertz CT molecular complexity index is 368. The highest BCUT2D eigenvalue weighted by Gasteiger charge is 2.47. The third-order valence-electron chi connectivity index (χ3n) is 3.11. The average molecular weight is 268 g/mol. The lowest BCUT2D eigenvalue weighted by Gasteiger charge is -2.10. The molecule has 0 atom stereocenters. The monoisotopic (exact) mass is 267 g/mol. The van der Waals surface area contributed by atoms with Crippen LogP contribution in [0.15, 0.2) is 28.7 Å².